The predicted molar refractivity (Wildman–Crippen MR) is 97.0 cm³/mol. The molecule has 0 bridgehead atoms. The van der Waals surface area contributed by atoms with Crippen LogP contribution in [-0.2, 0) is 11.8 Å². The van der Waals surface area contributed by atoms with Crippen molar-refractivity contribution in [3.8, 4) is 6.07 Å². The summed E-state index contributed by atoms with van der Waals surface area (Å²) in [6.07, 6.45) is 0.867. The average Bonchev–Trinajstić information content (AvgIpc) is 2.95. The lowest BCUT2D eigenvalue weighted by Crippen LogP contribution is -2.46. The fourth-order valence-corrected chi connectivity index (χ4v) is 2.41. The van der Waals surface area contributed by atoms with E-state index in [1.807, 2.05) is 0 Å². The lowest BCUT2D eigenvalue weighted by Gasteiger charge is -2.19. The summed E-state index contributed by atoms with van der Waals surface area (Å²) in [5.74, 6) is -9.41. The maximum atomic E-state index is 14.7. The predicted octanol–water partition coefficient (Wildman–Crippen LogP) is 2.77. The number of halogens is 4. The number of Topliss-reactive ketones (excluding diaryl/α,β-unsaturated/α-hetero) is 1. The number of nitrogens with zero attached hydrogens (tertiary/aromatic N) is 2. The van der Waals surface area contributed by atoms with E-state index >= 15 is 0 Å². The third kappa shape index (κ3) is 4.65. The van der Waals surface area contributed by atoms with E-state index in [0.29, 0.717) is 6.92 Å². The van der Waals surface area contributed by atoms with Crippen molar-refractivity contribution in [2.45, 2.75) is 25.8 Å². The van der Waals surface area contributed by atoms with Crippen LogP contribution < -0.4 is 10.6 Å². The third-order valence-electron chi connectivity index (χ3n) is 4.24. The van der Waals surface area contributed by atoms with E-state index in [1.54, 1.807) is 11.4 Å². The number of aryl methyl sites for hydroxylation is 1. The monoisotopic (exact) mass is 424 g/mol. The van der Waals surface area contributed by atoms with Crippen molar-refractivity contribution in [2.24, 2.45) is 7.05 Å². The molecule has 0 fully saturated rings. The zero-order chi connectivity index (χ0) is 22.8. The number of hydrogen-bond donors (Lipinski definition) is 2. The van der Waals surface area contributed by atoms with Crippen molar-refractivity contribution in [1.82, 2.24) is 9.88 Å². The van der Waals surface area contributed by atoms with Gasteiger partial charge in [0.2, 0.25) is 0 Å². The summed E-state index contributed by atoms with van der Waals surface area (Å²) in [5.41, 5.74) is -1.79. The van der Waals surface area contributed by atoms with Gasteiger partial charge in [-0.1, -0.05) is 0 Å². The molecular formula is C19H16F4N4O3. The van der Waals surface area contributed by atoms with Gasteiger partial charge in [-0.15, -0.1) is 0 Å². The number of anilines is 1. The van der Waals surface area contributed by atoms with Crippen LogP contribution in [-0.4, -0.2) is 34.1 Å². The van der Waals surface area contributed by atoms with E-state index in [9.17, 15) is 31.9 Å². The van der Waals surface area contributed by atoms with E-state index in [0.717, 1.165) is 35.9 Å². The summed E-state index contributed by atoms with van der Waals surface area (Å²) < 4.78 is 55.4. The van der Waals surface area contributed by atoms with Gasteiger partial charge in [0.25, 0.3) is 23.5 Å². The lowest BCUT2D eigenvalue weighted by molar-refractivity contribution is -0.120. The molecule has 7 nitrogen and oxygen atoms in total. The topological polar surface area (TPSA) is 104 Å². The molecule has 2 N–H and O–H groups in total. The van der Waals surface area contributed by atoms with Gasteiger partial charge in [0.05, 0.1) is 17.2 Å². The maximum Gasteiger partial charge on any atom is 0.292 e. The largest absolute Gasteiger partial charge is 0.343 e. The van der Waals surface area contributed by atoms with Gasteiger partial charge in [0, 0.05) is 25.9 Å². The second-order valence-electron chi connectivity index (χ2n) is 6.56. The van der Waals surface area contributed by atoms with E-state index in [2.05, 4.69) is 5.32 Å². The van der Waals surface area contributed by atoms with Crippen LogP contribution in [0.4, 0.5) is 23.2 Å². The smallest absolute Gasteiger partial charge is 0.292 e. The quantitative estimate of drug-likeness (QED) is 0.423. The van der Waals surface area contributed by atoms with Gasteiger partial charge in [-0.25, -0.2) is 17.6 Å². The summed E-state index contributed by atoms with van der Waals surface area (Å²) >= 11 is 0. The van der Waals surface area contributed by atoms with Crippen LogP contribution in [0.3, 0.4) is 0 Å². The third-order valence-corrected chi connectivity index (χ3v) is 4.24. The first kappa shape index (κ1) is 22.6. The summed E-state index contributed by atoms with van der Waals surface area (Å²) in [6, 6.07) is 2.99. The Balaban J connectivity index is 2.26. The number of hydrogen-bond acceptors (Lipinski definition) is 4. The van der Waals surface area contributed by atoms with Gasteiger partial charge in [0.15, 0.2) is 5.82 Å². The highest BCUT2D eigenvalue weighted by molar-refractivity contribution is 6.43. The van der Waals surface area contributed by atoms with E-state index in [1.165, 1.54) is 7.05 Å². The standard InChI is InChI=1S/C19H16F4N4O3/c1-9(19(2,22)23)25-18(30)16(28)12-8-27(3)15(14(12)21)17(29)26-11-4-5-13(20)10(6-11)7-24/h4-6,8-9H,1-3H3,(H,25,30)(H,26,29). The molecule has 158 valence electrons. The van der Waals surface area contributed by atoms with Crippen LogP contribution in [0.2, 0.25) is 0 Å². The van der Waals surface area contributed by atoms with Crippen LogP contribution >= 0.6 is 0 Å². The number of nitriles is 1. The van der Waals surface area contributed by atoms with E-state index in [-0.39, 0.29) is 11.3 Å². The van der Waals surface area contributed by atoms with Crippen LogP contribution in [0.1, 0.15) is 40.3 Å². The summed E-state index contributed by atoms with van der Waals surface area (Å²) in [6.45, 7) is 1.52. The molecule has 0 saturated heterocycles. The van der Waals surface area contributed by atoms with Crippen LogP contribution in [0, 0.1) is 23.0 Å². The first-order valence-corrected chi connectivity index (χ1v) is 8.45. The number of carbonyl (C=O) groups excluding carboxylic acids is 3. The first-order chi connectivity index (χ1) is 13.9. The van der Waals surface area contributed by atoms with Crippen molar-refractivity contribution in [1.29, 1.82) is 5.26 Å². The molecule has 0 spiro atoms. The minimum absolute atomic E-state index is 0.0110. The number of amides is 2. The Bertz CT molecular complexity index is 1070. The van der Waals surface area contributed by atoms with E-state index in [4.69, 9.17) is 5.26 Å². The number of benzene rings is 1. The Labute approximate surface area is 168 Å². The molecular weight excluding hydrogens is 408 g/mol. The van der Waals surface area contributed by atoms with Crippen molar-refractivity contribution >= 4 is 23.3 Å². The van der Waals surface area contributed by atoms with Gasteiger partial charge >= 0.3 is 0 Å². The molecule has 1 heterocycles. The summed E-state index contributed by atoms with van der Waals surface area (Å²) in [5, 5.41) is 12.8. The minimum Gasteiger partial charge on any atom is -0.343 e. The molecule has 0 radical (unpaired) electrons. The molecule has 0 aliphatic carbocycles. The number of alkyl halides is 2. The highest BCUT2D eigenvalue weighted by Gasteiger charge is 2.34. The minimum atomic E-state index is -3.31. The molecule has 1 atom stereocenters. The SMILES string of the molecule is CC(NC(=O)C(=O)c1cn(C)c(C(=O)Nc2ccc(F)c(C#N)c2)c1F)C(C)(F)F. The van der Waals surface area contributed by atoms with Crippen molar-refractivity contribution < 1.29 is 31.9 Å². The van der Waals surface area contributed by atoms with E-state index < -0.39 is 52.5 Å². The fourth-order valence-electron chi connectivity index (χ4n) is 2.41. The highest BCUT2D eigenvalue weighted by Crippen LogP contribution is 2.20. The van der Waals surface area contributed by atoms with Crippen LogP contribution in [0.25, 0.3) is 0 Å². The molecule has 1 aromatic carbocycles. The zero-order valence-electron chi connectivity index (χ0n) is 16.0. The second-order valence-corrected chi connectivity index (χ2v) is 6.56. The Morgan fingerprint density at radius 1 is 1.23 bits per heavy atom. The number of ketones is 1. The van der Waals surface area contributed by atoms with Gasteiger partial charge in [-0.2, -0.15) is 5.26 Å². The molecule has 0 saturated carbocycles. The Kier molecular flexibility index (Phi) is 6.30. The molecule has 2 rings (SSSR count). The van der Waals surface area contributed by atoms with Crippen molar-refractivity contribution in [3.05, 3.63) is 52.9 Å². The number of nitrogens with one attached hydrogen (secondary N) is 2. The molecule has 0 aliphatic heterocycles. The maximum absolute atomic E-state index is 14.7. The molecule has 2 amide bonds. The average molecular weight is 424 g/mol. The molecule has 11 heteroatoms. The second kappa shape index (κ2) is 8.36. The number of carbonyl (C=O) groups is 3. The fraction of sp³-hybridized carbons (Fsp3) is 0.263. The van der Waals surface area contributed by atoms with Crippen LogP contribution in [0.5, 0.6) is 0 Å². The van der Waals surface area contributed by atoms with Gasteiger partial charge in [-0.05, 0) is 25.1 Å². The molecule has 30 heavy (non-hydrogen) atoms. The molecule has 1 aromatic heterocycles. The normalized spacial score (nSPS) is 12.1. The van der Waals surface area contributed by atoms with Gasteiger partial charge in [0.1, 0.15) is 17.6 Å². The molecule has 0 aliphatic rings. The van der Waals surface area contributed by atoms with Gasteiger partial charge in [-0.3, -0.25) is 14.4 Å². The van der Waals surface area contributed by atoms with Gasteiger partial charge < -0.3 is 15.2 Å². The summed E-state index contributed by atoms with van der Waals surface area (Å²) in [4.78, 5) is 36.5. The van der Waals surface area contributed by atoms with Crippen LogP contribution in [0.15, 0.2) is 24.4 Å². The Morgan fingerprint density at radius 2 is 1.87 bits per heavy atom. The van der Waals surface area contributed by atoms with Crippen molar-refractivity contribution in [2.75, 3.05) is 5.32 Å². The Morgan fingerprint density at radius 3 is 2.43 bits per heavy atom. The first-order valence-electron chi connectivity index (χ1n) is 8.45. The lowest BCUT2D eigenvalue weighted by atomic mass is 10.1. The number of rotatable bonds is 6. The Hall–Kier alpha value is -3.68. The summed E-state index contributed by atoms with van der Waals surface area (Å²) in [7, 11) is 1.22. The highest BCUT2D eigenvalue weighted by atomic mass is 19.3. The molecule has 2 aromatic rings. The van der Waals surface area contributed by atoms with Crippen molar-refractivity contribution in [3.63, 3.8) is 0 Å². The zero-order valence-corrected chi connectivity index (χ0v) is 16.0. The molecule has 1 unspecified atom stereocenters. The number of aromatic nitrogens is 1.